The Hall–Kier alpha value is -4.26. The van der Waals surface area contributed by atoms with Gasteiger partial charge < -0.3 is 24.6 Å². The number of alkyl halides is 3. The Kier molecular flexibility index (Phi) is 9.64. The highest BCUT2D eigenvalue weighted by Gasteiger charge is 2.38. The van der Waals surface area contributed by atoms with Crippen molar-refractivity contribution >= 4 is 21.9 Å². The number of nitrogens with zero attached hydrogens (tertiary/aromatic N) is 6. The summed E-state index contributed by atoms with van der Waals surface area (Å²) in [4.78, 5) is 21.6. The minimum atomic E-state index is -5.08. The van der Waals surface area contributed by atoms with Crippen molar-refractivity contribution in [1.82, 2.24) is 35.0 Å². The van der Waals surface area contributed by atoms with Gasteiger partial charge in [-0.15, -0.1) is 10.2 Å². The zero-order chi connectivity index (χ0) is 29.5. The van der Waals surface area contributed by atoms with Crippen LogP contribution >= 0.6 is 0 Å². The highest BCUT2D eigenvalue weighted by molar-refractivity contribution is 7.93. The van der Waals surface area contributed by atoms with E-state index in [0.717, 1.165) is 13.0 Å². The Balaban J connectivity index is 0.000000559. The summed E-state index contributed by atoms with van der Waals surface area (Å²) in [6.07, 6.45) is -2.53. The van der Waals surface area contributed by atoms with Crippen molar-refractivity contribution in [2.45, 2.75) is 24.3 Å². The van der Waals surface area contributed by atoms with Crippen LogP contribution in [0, 0.1) is 0 Å². The van der Waals surface area contributed by atoms with Crippen molar-refractivity contribution < 1.29 is 45.7 Å². The van der Waals surface area contributed by atoms with E-state index < -0.39 is 27.4 Å². The van der Waals surface area contributed by atoms with Crippen LogP contribution in [0.2, 0.25) is 0 Å². The van der Waals surface area contributed by atoms with Gasteiger partial charge in [-0.05, 0) is 25.5 Å². The van der Waals surface area contributed by atoms with Gasteiger partial charge in [-0.2, -0.15) is 23.1 Å². The maximum Gasteiger partial charge on any atom is 0.490 e. The van der Waals surface area contributed by atoms with Crippen LogP contribution in [0.3, 0.4) is 0 Å². The minimum absolute atomic E-state index is 0.0772. The molecule has 0 radical (unpaired) electrons. The second-order valence-corrected chi connectivity index (χ2v) is 9.87. The number of aromatic nitrogens is 6. The molecular formula is C21H25F3N8O7S. The van der Waals surface area contributed by atoms with Crippen molar-refractivity contribution in [3.05, 3.63) is 24.5 Å². The van der Waals surface area contributed by atoms with Crippen LogP contribution in [-0.4, -0.2) is 95.1 Å². The molecule has 0 aromatic carbocycles. The molecule has 3 aromatic rings. The molecule has 1 saturated heterocycles. The SMILES string of the molecule is COc1cccc(-c2nnc(NS(=O)(=O)C3CCCNC3)n2-c2c(OC)ncnc2OC)n1.O=C(O)C(F)(F)F. The fourth-order valence-corrected chi connectivity index (χ4v) is 4.88. The second kappa shape index (κ2) is 12.7. The van der Waals surface area contributed by atoms with Gasteiger partial charge in [0, 0.05) is 12.6 Å². The van der Waals surface area contributed by atoms with Gasteiger partial charge in [-0.3, -0.25) is 4.72 Å². The third-order valence-electron chi connectivity index (χ3n) is 5.36. The molecule has 3 N–H and O–H groups in total. The lowest BCUT2D eigenvalue weighted by Gasteiger charge is -2.23. The molecule has 4 rings (SSSR count). The van der Waals surface area contributed by atoms with E-state index in [2.05, 4.69) is 35.2 Å². The molecule has 4 heterocycles. The number of carboxylic acids is 1. The highest BCUT2D eigenvalue weighted by atomic mass is 32.2. The predicted octanol–water partition coefficient (Wildman–Crippen LogP) is 1.27. The molecule has 1 unspecified atom stereocenters. The Labute approximate surface area is 225 Å². The van der Waals surface area contributed by atoms with E-state index in [1.807, 2.05) is 0 Å². The number of piperidine rings is 1. The van der Waals surface area contributed by atoms with E-state index in [1.54, 1.807) is 18.2 Å². The summed E-state index contributed by atoms with van der Waals surface area (Å²) in [7, 11) is 0.555. The van der Waals surface area contributed by atoms with E-state index >= 15 is 0 Å². The number of methoxy groups -OCH3 is 3. The van der Waals surface area contributed by atoms with Gasteiger partial charge in [-0.25, -0.2) is 22.8 Å². The number of aliphatic carboxylic acids is 1. The minimum Gasteiger partial charge on any atom is -0.481 e. The lowest BCUT2D eigenvalue weighted by Crippen LogP contribution is -2.41. The second-order valence-electron chi connectivity index (χ2n) is 7.91. The molecule has 1 atom stereocenters. The summed E-state index contributed by atoms with van der Waals surface area (Å²) in [5.41, 5.74) is 0.589. The lowest BCUT2D eigenvalue weighted by molar-refractivity contribution is -0.192. The van der Waals surface area contributed by atoms with Gasteiger partial charge in [-0.1, -0.05) is 6.07 Å². The zero-order valence-corrected chi connectivity index (χ0v) is 22.2. The monoisotopic (exact) mass is 590 g/mol. The standard InChI is InChI=1S/C19H24N8O5S.C2HF3O2/c1-30-14-8-4-7-13(23-14)16-24-25-19(26-33(28,29)12-6-5-9-20-10-12)27(16)15-17(31-2)21-11-22-18(15)32-3;3-2(4,5)1(6)7/h4,7-8,11-12,20H,5-6,9-10H2,1-3H3,(H,25,26);(H,6,7). The van der Waals surface area contributed by atoms with E-state index in [-0.39, 0.29) is 29.2 Å². The van der Waals surface area contributed by atoms with Crippen molar-refractivity contribution in [3.8, 4) is 34.8 Å². The highest BCUT2D eigenvalue weighted by Crippen LogP contribution is 2.35. The molecular weight excluding hydrogens is 565 g/mol. The number of ether oxygens (including phenoxy) is 3. The van der Waals surface area contributed by atoms with Crippen molar-refractivity contribution in [1.29, 1.82) is 0 Å². The van der Waals surface area contributed by atoms with E-state index in [9.17, 15) is 21.6 Å². The summed E-state index contributed by atoms with van der Waals surface area (Å²) >= 11 is 0. The Morgan fingerprint density at radius 2 is 1.77 bits per heavy atom. The van der Waals surface area contributed by atoms with Crippen molar-refractivity contribution in [3.63, 3.8) is 0 Å². The first-order valence-electron chi connectivity index (χ1n) is 11.4. The molecule has 0 saturated carbocycles. The van der Waals surface area contributed by atoms with Crippen molar-refractivity contribution in [2.24, 2.45) is 0 Å². The first-order chi connectivity index (χ1) is 18.9. The molecule has 40 heavy (non-hydrogen) atoms. The summed E-state index contributed by atoms with van der Waals surface area (Å²) < 4.78 is 78.0. The fourth-order valence-electron chi connectivity index (χ4n) is 3.51. The van der Waals surface area contributed by atoms with E-state index in [4.69, 9.17) is 24.1 Å². The topological polar surface area (TPSA) is 193 Å². The molecule has 1 aliphatic rings. The van der Waals surface area contributed by atoms with Gasteiger partial charge in [0.25, 0.3) is 0 Å². The number of anilines is 1. The van der Waals surface area contributed by atoms with Crippen LogP contribution in [0.15, 0.2) is 24.5 Å². The first-order valence-corrected chi connectivity index (χ1v) is 12.9. The molecule has 19 heteroatoms. The van der Waals surface area contributed by atoms with E-state index in [1.165, 1.54) is 32.2 Å². The summed E-state index contributed by atoms with van der Waals surface area (Å²) in [6.45, 7) is 1.12. The number of hydrogen-bond acceptors (Lipinski definition) is 12. The average Bonchev–Trinajstić information content (AvgIpc) is 3.35. The Morgan fingerprint density at radius 1 is 1.12 bits per heavy atom. The lowest BCUT2D eigenvalue weighted by atomic mass is 10.2. The maximum absolute atomic E-state index is 13.1. The molecule has 15 nitrogen and oxygen atoms in total. The Bertz CT molecular complexity index is 1410. The fraction of sp³-hybridized carbons (Fsp3) is 0.429. The molecule has 1 fully saturated rings. The zero-order valence-electron chi connectivity index (χ0n) is 21.3. The number of carbonyl (C=O) groups is 1. The number of nitrogens with one attached hydrogen (secondary N) is 2. The smallest absolute Gasteiger partial charge is 0.481 e. The van der Waals surface area contributed by atoms with Gasteiger partial charge in [0.2, 0.25) is 33.6 Å². The third-order valence-corrected chi connectivity index (χ3v) is 7.10. The van der Waals surface area contributed by atoms with Crippen LogP contribution in [-0.2, 0) is 14.8 Å². The van der Waals surface area contributed by atoms with Gasteiger partial charge in [0.1, 0.15) is 12.0 Å². The molecule has 218 valence electrons. The summed E-state index contributed by atoms with van der Waals surface area (Å²) in [5.74, 6) is -2.02. The largest absolute Gasteiger partial charge is 0.490 e. The maximum atomic E-state index is 13.1. The average molecular weight is 591 g/mol. The van der Waals surface area contributed by atoms with Crippen LogP contribution < -0.4 is 24.2 Å². The first kappa shape index (κ1) is 30.3. The Morgan fingerprint density at radius 3 is 2.30 bits per heavy atom. The number of sulfonamides is 1. The molecule has 0 aliphatic carbocycles. The summed E-state index contributed by atoms with van der Waals surface area (Å²) in [6, 6.07) is 5.10. The summed E-state index contributed by atoms with van der Waals surface area (Å²) in [5, 5.41) is 17.9. The van der Waals surface area contributed by atoms with Crippen LogP contribution in [0.25, 0.3) is 17.2 Å². The normalized spacial score (nSPS) is 15.4. The number of carboxylic acid groups (broad SMARTS) is 1. The van der Waals surface area contributed by atoms with Crippen LogP contribution in [0.4, 0.5) is 19.1 Å². The number of hydrogen-bond donors (Lipinski definition) is 3. The van der Waals surface area contributed by atoms with Gasteiger partial charge >= 0.3 is 12.1 Å². The number of halogens is 3. The van der Waals surface area contributed by atoms with Crippen molar-refractivity contribution in [2.75, 3.05) is 39.1 Å². The molecule has 0 bridgehead atoms. The molecule has 1 aliphatic heterocycles. The van der Waals surface area contributed by atoms with Crippen LogP contribution in [0.5, 0.6) is 17.6 Å². The number of rotatable bonds is 8. The van der Waals surface area contributed by atoms with Gasteiger partial charge in [0.05, 0.1) is 26.6 Å². The number of pyridine rings is 1. The molecule has 3 aromatic heterocycles. The quantitative estimate of drug-likeness (QED) is 0.340. The van der Waals surface area contributed by atoms with Crippen LogP contribution in [0.1, 0.15) is 12.8 Å². The van der Waals surface area contributed by atoms with Gasteiger partial charge in [0.15, 0.2) is 11.5 Å². The predicted molar refractivity (Wildman–Crippen MR) is 132 cm³/mol. The third kappa shape index (κ3) is 7.03. The molecule has 0 spiro atoms. The van der Waals surface area contributed by atoms with E-state index in [0.29, 0.717) is 24.5 Å². The molecule has 0 amide bonds.